The first-order valence-corrected chi connectivity index (χ1v) is 9.73. The minimum absolute atomic E-state index is 0.0554. The molecule has 2 heterocycles. The summed E-state index contributed by atoms with van der Waals surface area (Å²) in [6, 6.07) is 11.6. The summed E-state index contributed by atoms with van der Waals surface area (Å²) in [6.07, 6.45) is 2.99. The molecule has 1 aromatic carbocycles. The van der Waals surface area contributed by atoms with Gasteiger partial charge in [0.15, 0.2) is 0 Å². The summed E-state index contributed by atoms with van der Waals surface area (Å²) >= 11 is 0. The minimum Gasteiger partial charge on any atom is -0.468 e. The van der Waals surface area contributed by atoms with Crippen LogP contribution in [0.2, 0.25) is 0 Å². The third-order valence-electron chi connectivity index (χ3n) is 3.95. The van der Waals surface area contributed by atoms with Gasteiger partial charge in [0.2, 0.25) is 15.9 Å². The van der Waals surface area contributed by atoms with Crippen molar-refractivity contribution in [3.63, 3.8) is 0 Å². The van der Waals surface area contributed by atoms with E-state index in [1.54, 1.807) is 43.3 Å². The van der Waals surface area contributed by atoms with Crippen LogP contribution in [0.1, 0.15) is 24.0 Å². The minimum atomic E-state index is -3.88. The standard InChI is InChI=1S/C19H20N2O5S/c1-14-7-8-16(20-15(2)22)11-19(14)27(23,24)21(12-17-5-3-9-25-17)13-18-6-4-10-26-18/h3-11H,12-13H2,1-2H3,(H,20,22). The second kappa shape index (κ2) is 7.81. The fourth-order valence-electron chi connectivity index (χ4n) is 2.68. The van der Waals surface area contributed by atoms with Crippen LogP contribution in [-0.4, -0.2) is 18.6 Å². The van der Waals surface area contributed by atoms with Crippen molar-refractivity contribution in [1.29, 1.82) is 0 Å². The van der Waals surface area contributed by atoms with Crippen molar-refractivity contribution in [3.8, 4) is 0 Å². The van der Waals surface area contributed by atoms with Crippen LogP contribution < -0.4 is 5.32 Å². The van der Waals surface area contributed by atoms with Gasteiger partial charge in [-0.3, -0.25) is 4.79 Å². The number of hydrogen-bond donors (Lipinski definition) is 1. The van der Waals surface area contributed by atoms with Crippen molar-refractivity contribution < 1.29 is 22.0 Å². The Hall–Kier alpha value is -2.84. The summed E-state index contributed by atoms with van der Waals surface area (Å²) in [5.74, 6) is 0.756. The number of sulfonamides is 1. The predicted octanol–water partition coefficient (Wildman–Crippen LogP) is 3.53. The monoisotopic (exact) mass is 388 g/mol. The van der Waals surface area contributed by atoms with E-state index < -0.39 is 10.0 Å². The molecule has 7 nitrogen and oxygen atoms in total. The van der Waals surface area contributed by atoms with Gasteiger partial charge in [0.25, 0.3) is 0 Å². The lowest BCUT2D eigenvalue weighted by Gasteiger charge is -2.22. The number of nitrogens with one attached hydrogen (secondary N) is 1. The molecule has 2 aromatic heterocycles. The lowest BCUT2D eigenvalue weighted by atomic mass is 10.2. The van der Waals surface area contributed by atoms with Crippen LogP contribution in [0.5, 0.6) is 0 Å². The van der Waals surface area contributed by atoms with E-state index in [-0.39, 0.29) is 23.9 Å². The van der Waals surface area contributed by atoms with Gasteiger partial charge in [-0.25, -0.2) is 8.42 Å². The number of rotatable bonds is 7. The van der Waals surface area contributed by atoms with Gasteiger partial charge < -0.3 is 14.2 Å². The number of carbonyl (C=O) groups is 1. The molecular weight excluding hydrogens is 368 g/mol. The molecule has 0 spiro atoms. The smallest absolute Gasteiger partial charge is 0.244 e. The van der Waals surface area contributed by atoms with Crippen LogP contribution in [0.25, 0.3) is 0 Å². The molecule has 3 rings (SSSR count). The number of furan rings is 2. The Morgan fingerprint density at radius 3 is 2.11 bits per heavy atom. The normalized spacial score (nSPS) is 11.7. The third kappa shape index (κ3) is 4.47. The van der Waals surface area contributed by atoms with Gasteiger partial charge in [0.1, 0.15) is 11.5 Å². The number of amides is 1. The van der Waals surface area contributed by atoms with Crippen LogP contribution in [0.15, 0.2) is 68.7 Å². The maximum Gasteiger partial charge on any atom is 0.244 e. The summed E-state index contributed by atoms with van der Waals surface area (Å²) in [7, 11) is -3.88. The van der Waals surface area contributed by atoms with Crippen LogP contribution in [-0.2, 0) is 27.9 Å². The van der Waals surface area contributed by atoms with E-state index in [1.807, 2.05) is 0 Å². The number of benzene rings is 1. The first-order chi connectivity index (χ1) is 12.9. The van der Waals surface area contributed by atoms with Crippen molar-refractivity contribution in [1.82, 2.24) is 4.31 Å². The van der Waals surface area contributed by atoms with Crippen LogP contribution in [0, 0.1) is 6.92 Å². The molecule has 0 saturated carbocycles. The Bertz CT molecular complexity index is 972. The first-order valence-electron chi connectivity index (χ1n) is 8.29. The highest BCUT2D eigenvalue weighted by molar-refractivity contribution is 7.89. The van der Waals surface area contributed by atoms with Gasteiger partial charge in [-0.15, -0.1) is 0 Å². The van der Waals surface area contributed by atoms with Crippen molar-refractivity contribution in [2.75, 3.05) is 5.32 Å². The second-order valence-electron chi connectivity index (χ2n) is 6.09. The molecule has 0 aliphatic heterocycles. The molecule has 0 fully saturated rings. The van der Waals surface area contributed by atoms with E-state index in [0.29, 0.717) is 22.8 Å². The Labute approximate surface area is 157 Å². The number of hydrogen-bond acceptors (Lipinski definition) is 5. The molecule has 142 valence electrons. The molecule has 0 aliphatic rings. The fraction of sp³-hybridized carbons (Fsp3) is 0.211. The molecule has 0 bridgehead atoms. The average Bonchev–Trinajstić information content (AvgIpc) is 3.29. The van der Waals surface area contributed by atoms with Crippen LogP contribution >= 0.6 is 0 Å². The van der Waals surface area contributed by atoms with Crippen LogP contribution in [0.3, 0.4) is 0 Å². The number of carbonyl (C=O) groups excluding carboxylic acids is 1. The van der Waals surface area contributed by atoms with Gasteiger partial charge in [0, 0.05) is 12.6 Å². The van der Waals surface area contributed by atoms with E-state index in [1.165, 1.54) is 29.8 Å². The molecule has 0 atom stereocenters. The van der Waals surface area contributed by atoms with Gasteiger partial charge in [-0.05, 0) is 48.9 Å². The molecule has 0 aliphatic carbocycles. The molecule has 3 aromatic rings. The van der Waals surface area contributed by atoms with E-state index in [9.17, 15) is 13.2 Å². The lowest BCUT2D eigenvalue weighted by molar-refractivity contribution is -0.114. The van der Waals surface area contributed by atoms with Crippen molar-refractivity contribution in [2.45, 2.75) is 31.8 Å². The Morgan fingerprint density at radius 2 is 1.63 bits per heavy atom. The summed E-state index contributed by atoms with van der Waals surface area (Å²) in [4.78, 5) is 11.4. The average molecular weight is 388 g/mol. The summed E-state index contributed by atoms with van der Waals surface area (Å²) < 4.78 is 38.7. The molecule has 0 unspecified atom stereocenters. The molecule has 8 heteroatoms. The summed E-state index contributed by atoms with van der Waals surface area (Å²) in [5, 5.41) is 2.62. The number of nitrogens with zero attached hydrogens (tertiary/aromatic N) is 1. The van der Waals surface area contributed by atoms with Gasteiger partial charge in [-0.2, -0.15) is 4.31 Å². The Balaban J connectivity index is 2.00. The maximum absolute atomic E-state index is 13.4. The van der Waals surface area contributed by atoms with E-state index in [4.69, 9.17) is 8.83 Å². The zero-order chi connectivity index (χ0) is 19.4. The highest BCUT2D eigenvalue weighted by Crippen LogP contribution is 2.26. The molecule has 27 heavy (non-hydrogen) atoms. The predicted molar refractivity (Wildman–Crippen MR) is 99.3 cm³/mol. The Morgan fingerprint density at radius 1 is 1.04 bits per heavy atom. The van der Waals surface area contributed by atoms with Gasteiger partial charge in [-0.1, -0.05) is 6.07 Å². The zero-order valence-electron chi connectivity index (χ0n) is 15.0. The Kier molecular flexibility index (Phi) is 5.48. The van der Waals surface area contributed by atoms with Crippen molar-refractivity contribution >= 4 is 21.6 Å². The van der Waals surface area contributed by atoms with Gasteiger partial charge >= 0.3 is 0 Å². The van der Waals surface area contributed by atoms with Crippen molar-refractivity contribution in [3.05, 3.63) is 72.1 Å². The maximum atomic E-state index is 13.4. The van der Waals surface area contributed by atoms with Crippen molar-refractivity contribution in [2.24, 2.45) is 0 Å². The number of anilines is 1. The molecule has 0 radical (unpaired) electrons. The quantitative estimate of drug-likeness (QED) is 0.668. The topological polar surface area (TPSA) is 92.8 Å². The third-order valence-corrected chi connectivity index (χ3v) is 5.88. The summed E-state index contributed by atoms with van der Waals surface area (Å²) in [5.41, 5.74) is 0.996. The SMILES string of the molecule is CC(=O)Nc1ccc(C)c(S(=O)(=O)N(Cc2ccco2)Cc2ccco2)c1. The largest absolute Gasteiger partial charge is 0.468 e. The molecular formula is C19H20N2O5S. The highest BCUT2D eigenvalue weighted by Gasteiger charge is 2.28. The highest BCUT2D eigenvalue weighted by atomic mass is 32.2. The fourth-order valence-corrected chi connectivity index (χ4v) is 4.30. The number of aryl methyl sites for hydroxylation is 1. The molecule has 0 saturated heterocycles. The van der Waals surface area contributed by atoms with Crippen LogP contribution in [0.4, 0.5) is 5.69 Å². The lowest BCUT2D eigenvalue weighted by Crippen LogP contribution is -2.30. The van der Waals surface area contributed by atoms with E-state index >= 15 is 0 Å². The van der Waals surface area contributed by atoms with E-state index in [0.717, 1.165) is 0 Å². The second-order valence-corrected chi connectivity index (χ2v) is 8.00. The van der Waals surface area contributed by atoms with E-state index in [2.05, 4.69) is 5.32 Å². The van der Waals surface area contributed by atoms with Gasteiger partial charge in [0.05, 0.1) is 30.5 Å². The summed E-state index contributed by atoms with van der Waals surface area (Å²) in [6.45, 7) is 3.19. The molecule has 1 amide bonds. The zero-order valence-corrected chi connectivity index (χ0v) is 15.8. The molecule has 1 N–H and O–H groups in total. The first kappa shape index (κ1) is 18.9.